The number of fused-ring (bicyclic) bond motifs is 3. The third kappa shape index (κ3) is 2.52. The van der Waals surface area contributed by atoms with Crippen LogP contribution < -0.4 is 0 Å². The lowest BCUT2D eigenvalue weighted by atomic mass is 10.0. The van der Waals surface area contributed by atoms with Gasteiger partial charge in [-0.25, -0.2) is 4.98 Å². The van der Waals surface area contributed by atoms with Crippen LogP contribution in [0.15, 0.2) is 91.1 Å². The Morgan fingerprint density at radius 2 is 1.64 bits per heavy atom. The van der Waals surface area contributed by atoms with Crippen molar-refractivity contribution in [2.45, 2.75) is 6.92 Å². The van der Waals surface area contributed by atoms with Gasteiger partial charge in [0.1, 0.15) is 5.82 Å². The standard InChI is InChI=1S/C25H18N2O/c1-17(28)19-13-14-21-22-11-7-10-20(18-8-3-2-4-9-18)25(22)27(23(21)16-19)24-12-5-6-15-26-24/h2-16H,1H3. The van der Waals surface area contributed by atoms with E-state index in [2.05, 4.69) is 52.0 Å². The molecule has 2 aromatic heterocycles. The van der Waals surface area contributed by atoms with E-state index in [9.17, 15) is 4.79 Å². The molecule has 0 aliphatic heterocycles. The van der Waals surface area contributed by atoms with Crippen LogP contribution in [0.25, 0.3) is 38.8 Å². The van der Waals surface area contributed by atoms with Crippen molar-refractivity contribution in [2.75, 3.05) is 0 Å². The first-order valence-corrected chi connectivity index (χ1v) is 9.29. The highest BCUT2D eigenvalue weighted by atomic mass is 16.1. The minimum Gasteiger partial charge on any atom is -0.295 e. The molecule has 0 amide bonds. The summed E-state index contributed by atoms with van der Waals surface area (Å²) in [5.74, 6) is 0.898. The van der Waals surface area contributed by atoms with Crippen molar-refractivity contribution in [1.29, 1.82) is 0 Å². The van der Waals surface area contributed by atoms with Gasteiger partial charge in [0.2, 0.25) is 0 Å². The molecule has 0 fully saturated rings. The number of hydrogen-bond donors (Lipinski definition) is 0. The van der Waals surface area contributed by atoms with Crippen molar-refractivity contribution < 1.29 is 4.79 Å². The predicted molar refractivity (Wildman–Crippen MR) is 114 cm³/mol. The fourth-order valence-electron chi connectivity index (χ4n) is 3.86. The van der Waals surface area contributed by atoms with E-state index >= 15 is 0 Å². The summed E-state index contributed by atoms with van der Waals surface area (Å²) < 4.78 is 2.17. The molecule has 5 rings (SSSR count). The molecule has 0 spiro atoms. The molecule has 3 nitrogen and oxygen atoms in total. The van der Waals surface area contributed by atoms with Crippen LogP contribution in [0.3, 0.4) is 0 Å². The molecule has 0 N–H and O–H groups in total. The Labute approximate surface area is 162 Å². The molecule has 3 heteroatoms. The molecule has 2 heterocycles. The summed E-state index contributed by atoms with van der Waals surface area (Å²) in [4.78, 5) is 16.6. The van der Waals surface area contributed by atoms with Gasteiger partial charge >= 0.3 is 0 Å². The molecule has 0 atom stereocenters. The van der Waals surface area contributed by atoms with E-state index in [1.165, 1.54) is 0 Å². The topological polar surface area (TPSA) is 34.9 Å². The van der Waals surface area contributed by atoms with Gasteiger partial charge in [0.05, 0.1) is 11.0 Å². The van der Waals surface area contributed by atoms with Crippen LogP contribution in [0.4, 0.5) is 0 Å². The van der Waals surface area contributed by atoms with Crippen LogP contribution in [0.5, 0.6) is 0 Å². The Morgan fingerprint density at radius 1 is 0.821 bits per heavy atom. The van der Waals surface area contributed by atoms with Gasteiger partial charge in [0.15, 0.2) is 5.78 Å². The van der Waals surface area contributed by atoms with Crippen molar-refractivity contribution in [3.8, 4) is 16.9 Å². The lowest BCUT2D eigenvalue weighted by Gasteiger charge is -2.11. The highest BCUT2D eigenvalue weighted by Gasteiger charge is 2.17. The molecular weight excluding hydrogens is 344 g/mol. The van der Waals surface area contributed by atoms with Gasteiger partial charge < -0.3 is 0 Å². The number of carbonyl (C=O) groups is 1. The van der Waals surface area contributed by atoms with Crippen molar-refractivity contribution in [3.63, 3.8) is 0 Å². The summed E-state index contributed by atoms with van der Waals surface area (Å²) in [5.41, 5.74) is 5.09. The van der Waals surface area contributed by atoms with Crippen LogP contribution >= 0.6 is 0 Å². The van der Waals surface area contributed by atoms with E-state index in [0.29, 0.717) is 5.56 Å². The van der Waals surface area contributed by atoms with Gasteiger partial charge in [-0.2, -0.15) is 0 Å². The summed E-state index contributed by atoms with van der Waals surface area (Å²) in [6, 6.07) is 28.6. The van der Waals surface area contributed by atoms with Gasteiger partial charge in [-0.15, -0.1) is 0 Å². The minimum atomic E-state index is 0.0583. The Hall–Kier alpha value is -3.72. The summed E-state index contributed by atoms with van der Waals surface area (Å²) in [7, 11) is 0. The zero-order valence-corrected chi connectivity index (χ0v) is 15.5. The number of nitrogens with zero attached hydrogens (tertiary/aromatic N) is 2. The predicted octanol–water partition coefficient (Wildman–Crippen LogP) is 6.05. The number of benzene rings is 3. The molecule has 0 saturated carbocycles. The largest absolute Gasteiger partial charge is 0.295 e. The monoisotopic (exact) mass is 362 g/mol. The van der Waals surface area contributed by atoms with Crippen LogP contribution in [-0.2, 0) is 0 Å². The molecule has 5 aromatic rings. The van der Waals surface area contributed by atoms with Crippen molar-refractivity contribution >= 4 is 27.6 Å². The van der Waals surface area contributed by atoms with E-state index in [4.69, 9.17) is 0 Å². The third-order valence-electron chi connectivity index (χ3n) is 5.16. The number of carbonyl (C=O) groups excluding carboxylic acids is 1. The first kappa shape index (κ1) is 16.5. The quantitative estimate of drug-likeness (QED) is 0.366. The van der Waals surface area contributed by atoms with Crippen molar-refractivity contribution in [2.24, 2.45) is 0 Å². The highest BCUT2D eigenvalue weighted by molar-refractivity contribution is 6.14. The van der Waals surface area contributed by atoms with E-state index in [-0.39, 0.29) is 5.78 Å². The van der Waals surface area contributed by atoms with Crippen molar-refractivity contribution in [1.82, 2.24) is 9.55 Å². The normalized spacial score (nSPS) is 11.2. The van der Waals surface area contributed by atoms with Gasteiger partial charge in [0, 0.05) is 28.1 Å². The second-order valence-corrected chi connectivity index (χ2v) is 6.88. The maximum atomic E-state index is 12.0. The summed E-state index contributed by atoms with van der Waals surface area (Å²) >= 11 is 0. The second-order valence-electron chi connectivity index (χ2n) is 6.88. The number of rotatable bonds is 3. The van der Waals surface area contributed by atoms with Gasteiger partial charge in [-0.05, 0) is 30.7 Å². The minimum absolute atomic E-state index is 0.0583. The molecule has 0 bridgehead atoms. The Morgan fingerprint density at radius 3 is 2.39 bits per heavy atom. The molecule has 0 radical (unpaired) electrons. The molecule has 28 heavy (non-hydrogen) atoms. The molecule has 0 aliphatic carbocycles. The third-order valence-corrected chi connectivity index (χ3v) is 5.16. The Bertz CT molecular complexity index is 1320. The summed E-state index contributed by atoms with van der Waals surface area (Å²) in [6.45, 7) is 1.60. The van der Waals surface area contributed by atoms with E-state index in [0.717, 1.165) is 38.8 Å². The first-order chi connectivity index (χ1) is 13.7. The first-order valence-electron chi connectivity index (χ1n) is 9.29. The van der Waals surface area contributed by atoms with Crippen LogP contribution in [0, 0.1) is 0 Å². The molecule has 3 aromatic carbocycles. The number of para-hydroxylation sites is 1. The van der Waals surface area contributed by atoms with E-state index in [1.54, 1.807) is 13.1 Å². The molecular formula is C25H18N2O. The number of aromatic nitrogens is 2. The Balaban J connectivity index is 1.98. The number of ketones is 1. The summed E-state index contributed by atoms with van der Waals surface area (Å²) in [5, 5.41) is 2.26. The van der Waals surface area contributed by atoms with Crippen LogP contribution in [-0.4, -0.2) is 15.3 Å². The van der Waals surface area contributed by atoms with E-state index in [1.807, 2.05) is 42.5 Å². The fraction of sp³-hybridized carbons (Fsp3) is 0.0400. The molecule has 0 saturated heterocycles. The smallest absolute Gasteiger partial charge is 0.159 e. The molecule has 134 valence electrons. The number of Topliss-reactive ketones (excluding diaryl/α,β-unsaturated/α-hetero) is 1. The average molecular weight is 362 g/mol. The van der Waals surface area contributed by atoms with Gasteiger partial charge in [-0.3, -0.25) is 9.36 Å². The lowest BCUT2D eigenvalue weighted by Crippen LogP contribution is -1.99. The molecule has 0 aliphatic rings. The fourth-order valence-corrected chi connectivity index (χ4v) is 3.86. The van der Waals surface area contributed by atoms with Crippen LogP contribution in [0.1, 0.15) is 17.3 Å². The molecule has 0 unspecified atom stereocenters. The lowest BCUT2D eigenvalue weighted by molar-refractivity contribution is 0.101. The SMILES string of the molecule is CC(=O)c1ccc2c3cccc(-c4ccccc4)c3n(-c3ccccn3)c2c1. The van der Waals surface area contributed by atoms with Crippen LogP contribution in [0.2, 0.25) is 0 Å². The number of hydrogen-bond acceptors (Lipinski definition) is 2. The zero-order chi connectivity index (χ0) is 19.1. The maximum Gasteiger partial charge on any atom is 0.159 e. The average Bonchev–Trinajstić information content (AvgIpc) is 3.08. The number of pyridine rings is 1. The van der Waals surface area contributed by atoms with Gasteiger partial charge in [-0.1, -0.05) is 66.7 Å². The summed E-state index contributed by atoms with van der Waals surface area (Å²) in [6.07, 6.45) is 1.80. The Kier molecular flexibility index (Phi) is 3.80. The maximum absolute atomic E-state index is 12.0. The zero-order valence-electron chi connectivity index (χ0n) is 15.5. The van der Waals surface area contributed by atoms with E-state index < -0.39 is 0 Å². The highest BCUT2D eigenvalue weighted by Crippen LogP contribution is 2.37. The van der Waals surface area contributed by atoms with Gasteiger partial charge in [0.25, 0.3) is 0 Å². The second kappa shape index (κ2) is 6.46. The van der Waals surface area contributed by atoms with Crippen molar-refractivity contribution in [3.05, 3.63) is 96.7 Å².